The zero-order chi connectivity index (χ0) is 14.7. The van der Waals surface area contributed by atoms with Gasteiger partial charge in [0.25, 0.3) is 0 Å². The van der Waals surface area contributed by atoms with E-state index in [0.29, 0.717) is 0 Å². The molecule has 0 aliphatic carbocycles. The molecule has 0 bridgehead atoms. The standard InChI is InChI=1S/C18H23NO/c1-12-10-13(2)17(16(11-12)20-4)18(19)14(3)15-8-6-5-7-9-15/h5-11,14,18H,19H2,1-4H3. The van der Waals surface area contributed by atoms with Crippen LogP contribution in [0.2, 0.25) is 0 Å². The first-order valence-electron chi connectivity index (χ1n) is 7.00. The van der Waals surface area contributed by atoms with Crippen LogP contribution >= 0.6 is 0 Å². The minimum Gasteiger partial charge on any atom is -0.496 e. The largest absolute Gasteiger partial charge is 0.496 e. The average molecular weight is 269 g/mol. The first-order chi connectivity index (χ1) is 9.54. The summed E-state index contributed by atoms with van der Waals surface area (Å²) in [4.78, 5) is 0. The van der Waals surface area contributed by atoms with Crippen LogP contribution < -0.4 is 10.5 Å². The first kappa shape index (κ1) is 14.6. The van der Waals surface area contributed by atoms with Gasteiger partial charge < -0.3 is 10.5 Å². The zero-order valence-electron chi connectivity index (χ0n) is 12.7. The SMILES string of the molecule is COc1cc(C)cc(C)c1C(N)C(C)c1ccccc1. The van der Waals surface area contributed by atoms with E-state index in [2.05, 4.69) is 57.2 Å². The molecule has 2 N–H and O–H groups in total. The monoisotopic (exact) mass is 269 g/mol. The predicted octanol–water partition coefficient (Wildman–Crippen LogP) is 4.12. The molecule has 2 heteroatoms. The molecule has 0 fully saturated rings. The fourth-order valence-corrected chi connectivity index (χ4v) is 2.75. The van der Waals surface area contributed by atoms with E-state index in [1.54, 1.807) is 7.11 Å². The summed E-state index contributed by atoms with van der Waals surface area (Å²) in [5.41, 5.74) is 11.3. The Kier molecular flexibility index (Phi) is 4.46. The van der Waals surface area contributed by atoms with Gasteiger partial charge in [0.1, 0.15) is 5.75 Å². The number of hydrogen-bond acceptors (Lipinski definition) is 2. The maximum absolute atomic E-state index is 6.52. The van der Waals surface area contributed by atoms with Crippen LogP contribution in [0.15, 0.2) is 42.5 Å². The second kappa shape index (κ2) is 6.10. The molecule has 0 saturated carbocycles. The fourth-order valence-electron chi connectivity index (χ4n) is 2.75. The molecule has 0 aromatic heterocycles. The second-order valence-corrected chi connectivity index (χ2v) is 5.42. The van der Waals surface area contributed by atoms with Crippen molar-refractivity contribution in [3.05, 3.63) is 64.7 Å². The van der Waals surface area contributed by atoms with Crippen molar-refractivity contribution in [3.8, 4) is 5.75 Å². The van der Waals surface area contributed by atoms with Gasteiger partial charge in [0.2, 0.25) is 0 Å². The van der Waals surface area contributed by atoms with Crippen LogP contribution in [0.1, 0.15) is 41.1 Å². The third kappa shape index (κ3) is 2.86. The minimum atomic E-state index is -0.0760. The van der Waals surface area contributed by atoms with E-state index in [1.807, 2.05) is 6.07 Å². The highest BCUT2D eigenvalue weighted by molar-refractivity contribution is 5.46. The predicted molar refractivity (Wildman–Crippen MR) is 84.3 cm³/mol. The smallest absolute Gasteiger partial charge is 0.124 e. The van der Waals surface area contributed by atoms with Crippen molar-refractivity contribution in [2.45, 2.75) is 32.7 Å². The third-order valence-corrected chi connectivity index (χ3v) is 3.91. The molecule has 2 nitrogen and oxygen atoms in total. The minimum absolute atomic E-state index is 0.0760. The van der Waals surface area contributed by atoms with E-state index in [1.165, 1.54) is 16.7 Å². The summed E-state index contributed by atoms with van der Waals surface area (Å²) in [6.07, 6.45) is 0. The van der Waals surface area contributed by atoms with Gasteiger partial charge in [-0.2, -0.15) is 0 Å². The molecule has 106 valence electrons. The van der Waals surface area contributed by atoms with Gasteiger partial charge in [-0.3, -0.25) is 0 Å². The van der Waals surface area contributed by atoms with Gasteiger partial charge in [-0.1, -0.05) is 43.3 Å². The van der Waals surface area contributed by atoms with E-state index in [0.717, 1.165) is 11.3 Å². The van der Waals surface area contributed by atoms with E-state index < -0.39 is 0 Å². The van der Waals surface area contributed by atoms with Gasteiger partial charge in [-0.25, -0.2) is 0 Å². The Morgan fingerprint density at radius 3 is 2.30 bits per heavy atom. The van der Waals surface area contributed by atoms with Crippen molar-refractivity contribution in [2.24, 2.45) is 5.73 Å². The van der Waals surface area contributed by atoms with Crippen molar-refractivity contribution in [2.75, 3.05) is 7.11 Å². The Balaban J connectivity index is 2.41. The molecule has 0 aliphatic rings. The second-order valence-electron chi connectivity index (χ2n) is 5.42. The lowest BCUT2D eigenvalue weighted by Gasteiger charge is -2.25. The number of benzene rings is 2. The summed E-state index contributed by atoms with van der Waals surface area (Å²) in [7, 11) is 1.71. The molecule has 0 aliphatic heterocycles. The summed E-state index contributed by atoms with van der Waals surface area (Å²) in [6.45, 7) is 6.34. The molecule has 0 spiro atoms. The van der Waals surface area contributed by atoms with Crippen LogP contribution in [0.4, 0.5) is 0 Å². The molecule has 20 heavy (non-hydrogen) atoms. The van der Waals surface area contributed by atoms with E-state index in [9.17, 15) is 0 Å². The maximum atomic E-state index is 6.52. The molecule has 0 heterocycles. The average Bonchev–Trinajstić information content (AvgIpc) is 2.46. The number of hydrogen-bond donors (Lipinski definition) is 1. The van der Waals surface area contributed by atoms with Gasteiger partial charge >= 0.3 is 0 Å². The molecule has 0 saturated heterocycles. The van der Waals surface area contributed by atoms with Crippen molar-refractivity contribution in [1.82, 2.24) is 0 Å². The number of nitrogens with two attached hydrogens (primary N) is 1. The molecule has 2 aromatic rings. The molecule has 2 aromatic carbocycles. The number of aryl methyl sites for hydroxylation is 2. The van der Waals surface area contributed by atoms with E-state index in [4.69, 9.17) is 10.5 Å². The highest BCUT2D eigenvalue weighted by Gasteiger charge is 2.22. The molecular weight excluding hydrogens is 246 g/mol. The van der Waals surface area contributed by atoms with Crippen molar-refractivity contribution in [1.29, 1.82) is 0 Å². The van der Waals surface area contributed by atoms with Crippen LogP contribution in [0.5, 0.6) is 5.75 Å². The van der Waals surface area contributed by atoms with Crippen LogP contribution in [-0.2, 0) is 0 Å². The van der Waals surface area contributed by atoms with Crippen LogP contribution in [-0.4, -0.2) is 7.11 Å². The first-order valence-corrected chi connectivity index (χ1v) is 7.00. The zero-order valence-corrected chi connectivity index (χ0v) is 12.7. The third-order valence-electron chi connectivity index (χ3n) is 3.91. The normalized spacial score (nSPS) is 13.8. The summed E-state index contributed by atoms with van der Waals surface area (Å²) >= 11 is 0. The lowest BCUT2D eigenvalue weighted by molar-refractivity contribution is 0.401. The maximum Gasteiger partial charge on any atom is 0.124 e. The van der Waals surface area contributed by atoms with Gasteiger partial charge in [0.15, 0.2) is 0 Å². The summed E-state index contributed by atoms with van der Waals surface area (Å²) in [5.74, 6) is 1.13. The molecule has 2 rings (SSSR count). The van der Waals surface area contributed by atoms with Crippen LogP contribution in [0.25, 0.3) is 0 Å². The quantitative estimate of drug-likeness (QED) is 0.906. The number of ether oxygens (including phenoxy) is 1. The van der Waals surface area contributed by atoms with Crippen molar-refractivity contribution in [3.63, 3.8) is 0 Å². The van der Waals surface area contributed by atoms with Gasteiger partial charge in [-0.15, -0.1) is 0 Å². The van der Waals surface area contributed by atoms with Crippen LogP contribution in [0.3, 0.4) is 0 Å². The molecule has 0 amide bonds. The Morgan fingerprint density at radius 2 is 1.70 bits per heavy atom. The Labute approximate surface area is 121 Å². The molecule has 0 radical (unpaired) electrons. The molecule has 2 unspecified atom stereocenters. The Hall–Kier alpha value is -1.80. The van der Waals surface area contributed by atoms with Crippen molar-refractivity contribution < 1.29 is 4.74 Å². The van der Waals surface area contributed by atoms with E-state index >= 15 is 0 Å². The fraction of sp³-hybridized carbons (Fsp3) is 0.333. The van der Waals surface area contributed by atoms with Crippen molar-refractivity contribution >= 4 is 0 Å². The molecular formula is C18H23NO. The lowest BCUT2D eigenvalue weighted by atomic mass is 9.86. The topological polar surface area (TPSA) is 35.2 Å². The molecule has 2 atom stereocenters. The van der Waals surface area contributed by atoms with Gasteiger partial charge in [0.05, 0.1) is 7.11 Å². The highest BCUT2D eigenvalue weighted by Crippen LogP contribution is 2.36. The summed E-state index contributed by atoms with van der Waals surface area (Å²) < 4.78 is 5.53. The highest BCUT2D eigenvalue weighted by atomic mass is 16.5. The summed E-state index contributed by atoms with van der Waals surface area (Å²) in [5, 5.41) is 0. The summed E-state index contributed by atoms with van der Waals surface area (Å²) in [6, 6.07) is 14.5. The Morgan fingerprint density at radius 1 is 1.05 bits per heavy atom. The Bertz CT molecular complexity index is 577. The van der Waals surface area contributed by atoms with Gasteiger partial charge in [-0.05, 0) is 36.6 Å². The number of rotatable bonds is 4. The van der Waals surface area contributed by atoms with E-state index in [-0.39, 0.29) is 12.0 Å². The van der Waals surface area contributed by atoms with Gasteiger partial charge in [0, 0.05) is 17.5 Å². The lowest BCUT2D eigenvalue weighted by Crippen LogP contribution is -2.19. The van der Waals surface area contributed by atoms with Crippen LogP contribution in [0, 0.1) is 13.8 Å². The number of methoxy groups -OCH3 is 1.